The molecule has 0 bridgehead atoms. The predicted molar refractivity (Wildman–Crippen MR) is 115 cm³/mol. The summed E-state index contributed by atoms with van der Waals surface area (Å²) < 4.78 is 4.99. The fourth-order valence-electron chi connectivity index (χ4n) is 3.81. The van der Waals surface area contributed by atoms with Crippen molar-refractivity contribution in [3.63, 3.8) is 0 Å². The molecule has 2 aromatic rings. The molecule has 1 aliphatic rings. The molecule has 1 amide bonds. The lowest BCUT2D eigenvalue weighted by molar-refractivity contribution is -0.121. The minimum atomic E-state index is -0.341. The fourth-order valence-corrected chi connectivity index (χ4v) is 3.81. The van der Waals surface area contributed by atoms with Gasteiger partial charge in [0.2, 0.25) is 5.91 Å². The predicted octanol–water partition coefficient (Wildman–Crippen LogP) is 4.27. The Morgan fingerprint density at radius 2 is 1.72 bits per heavy atom. The van der Waals surface area contributed by atoms with Crippen LogP contribution in [0.25, 0.3) is 0 Å². The lowest BCUT2D eigenvalue weighted by Gasteiger charge is -2.32. The topological polar surface area (TPSA) is 58.6 Å². The number of carbonyl (C=O) groups excluding carboxylic acids is 2. The Morgan fingerprint density at radius 1 is 1.03 bits per heavy atom. The van der Waals surface area contributed by atoms with E-state index in [-0.39, 0.29) is 24.3 Å². The van der Waals surface area contributed by atoms with Crippen LogP contribution in [-0.4, -0.2) is 31.6 Å². The Labute approximate surface area is 173 Å². The minimum absolute atomic E-state index is 0.0326. The van der Waals surface area contributed by atoms with Crippen LogP contribution < -0.4 is 10.2 Å². The van der Waals surface area contributed by atoms with Gasteiger partial charge in [-0.15, -0.1) is 0 Å². The van der Waals surface area contributed by atoms with Gasteiger partial charge in [0.25, 0.3) is 0 Å². The van der Waals surface area contributed by atoms with Crippen LogP contribution >= 0.6 is 0 Å². The van der Waals surface area contributed by atoms with Gasteiger partial charge in [-0.05, 0) is 62.4 Å². The quantitative estimate of drug-likeness (QED) is 0.713. The summed E-state index contributed by atoms with van der Waals surface area (Å²) in [6, 6.07) is 15.3. The van der Waals surface area contributed by atoms with E-state index in [1.807, 2.05) is 13.0 Å². The molecule has 0 aliphatic carbocycles. The Balaban J connectivity index is 1.62. The number of carbonyl (C=O) groups is 2. The Kier molecular flexibility index (Phi) is 7.28. The van der Waals surface area contributed by atoms with Crippen molar-refractivity contribution >= 4 is 17.6 Å². The summed E-state index contributed by atoms with van der Waals surface area (Å²) in [4.78, 5) is 26.8. The first kappa shape index (κ1) is 20.9. The Morgan fingerprint density at radius 3 is 2.41 bits per heavy atom. The van der Waals surface area contributed by atoms with Crippen molar-refractivity contribution in [1.82, 2.24) is 5.32 Å². The van der Waals surface area contributed by atoms with Gasteiger partial charge in [-0.25, -0.2) is 4.79 Å². The zero-order valence-corrected chi connectivity index (χ0v) is 17.3. The Bertz CT molecular complexity index is 826. The van der Waals surface area contributed by atoms with Gasteiger partial charge in [0.05, 0.1) is 24.6 Å². The van der Waals surface area contributed by atoms with E-state index in [9.17, 15) is 9.59 Å². The molecule has 0 saturated carbocycles. The molecule has 1 heterocycles. The zero-order valence-electron chi connectivity index (χ0n) is 17.3. The van der Waals surface area contributed by atoms with Crippen LogP contribution in [-0.2, 0) is 16.0 Å². The van der Waals surface area contributed by atoms with E-state index >= 15 is 0 Å². The first-order valence-corrected chi connectivity index (χ1v) is 10.5. The average Bonchev–Trinajstić information content (AvgIpc) is 2.75. The number of piperidine rings is 1. The number of benzene rings is 2. The highest BCUT2D eigenvalue weighted by Crippen LogP contribution is 2.28. The summed E-state index contributed by atoms with van der Waals surface area (Å²) in [5.74, 6) is -0.374. The van der Waals surface area contributed by atoms with Gasteiger partial charge in [-0.2, -0.15) is 0 Å². The molecule has 3 rings (SSSR count). The van der Waals surface area contributed by atoms with Gasteiger partial charge < -0.3 is 15.0 Å². The van der Waals surface area contributed by atoms with Crippen molar-refractivity contribution in [1.29, 1.82) is 0 Å². The average molecular weight is 395 g/mol. The molecule has 1 atom stereocenters. The minimum Gasteiger partial charge on any atom is -0.462 e. The molecule has 5 nitrogen and oxygen atoms in total. The maximum Gasteiger partial charge on any atom is 0.338 e. The third kappa shape index (κ3) is 5.59. The first-order chi connectivity index (χ1) is 14.1. The summed E-state index contributed by atoms with van der Waals surface area (Å²) in [5, 5.41) is 3.12. The van der Waals surface area contributed by atoms with Crippen LogP contribution in [0.5, 0.6) is 0 Å². The number of esters is 1. The molecule has 5 heteroatoms. The lowest BCUT2D eigenvalue weighted by atomic mass is 10.0. The number of ether oxygens (including phenoxy) is 1. The van der Waals surface area contributed by atoms with E-state index < -0.39 is 0 Å². The second-order valence-electron chi connectivity index (χ2n) is 7.49. The SMILES string of the molecule is CCOC(=O)c1ccc(CC(=O)NC(C)c2ccccc2N2CCCCC2)cc1. The van der Waals surface area contributed by atoms with Crippen molar-refractivity contribution in [3.05, 3.63) is 65.2 Å². The number of hydrogen-bond acceptors (Lipinski definition) is 4. The highest BCUT2D eigenvalue weighted by Gasteiger charge is 2.19. The van der Waals surface area contributed by atoms with Crippen LogP contribution in [0.3, 0.4) is 0 Å². The van der Waals surface area contributed by atoms with Gasteiger partial charge in [-0.3, -0.25) is 4.79 Å². The molecule has 154 valence electrons. The highest BCUT2D eigenvalue weighted by atomic mass is 16.5. The van der Waals surface area contributed by atoms with Crippen LogP contribution in [0.1, 0.15) is 60.6 Å². The number of amides is 1. The van der Waals surface area contributed by atoms with Crippen molar-refractivity contribution in [3.8, 4) is 0 Å². The number of nitrogens with one attached hydrogen (secondary N) is 1. The number of rotatable bonds is 7. The smallest absolute Gasteiger partial charge is 0.338 e. The van der Waals surface area contributed by atoms with E-state index in [2.05, 4.69) is 28.4 Å². The molecular formula is C24H30N2O3. The van der Waals surface area contributed by atoms with E-state index in [0.29, 0.717) is 12.2 Å². The van der Waals surface area contributed by atoms with Gasteiger partial charge >= 0.3 is 5.97 Å². The maximum absolute atomic E-state index is 12.6. The third-order valence-electron chi connectivity index (χ3n) is 5.31. The second-order valence-corrected chi connectivity index (χ2v) is 7.49. The number of anilines is 1. The molecular weight excluding hydrogens is 364 g/mol. The molecule has 0 spiro atoms. The van der Waals surface area contributed by atoms with Gasteiger partial charge in [-0.1, -0.05) is 30.3 Å². The normalized spacial score (nSPS) is 14.9. The number of nitrogens with zero attached hydrogens (tertiary/aromatic N) is 1. The van der Waals surface area contributed by atoms with E-state index in [4.69, 9.17) is 4.74 Å². The summed E-state index contributed by atoms with van der Waals surface area (Å²) in [6.45, 7) is 6.31. The van der Waals surface area contributed by atoms with Gasteiger partial charge in [0.1, 0.15) is 0 Å². The van der Waals surface area contributed by atoms with Crippen molar-refractivity contribution in [2.75, 3.05) is 24.6 Å². The highest BCUT2D eigenvalue weighted by molar-refractivity contribution is 5.89. The molecule has 29 heavy (non-hydrogen) atoms. The van der Waals surface area contributed by atoms with E-state index in [1.54, 1.807) is 31.2 Å². The maximum atomic E-state index is 12.6. The zero-order chi connectivity index (χ0) is 20.6. The molecule has 1 unspecified atom stereocenters. The third-order valence-corrected chi connectivity index (χ3v) is 5.31. The molecule has 1 N–H and O–H groups in total. The van der Waals surface area contributed by atoms with Crippen molar-refractivity contribution in [2.24, 2.45) is 0 Å². The van der Waals surface area contributed by atoms with E-state index in [1.165, 1.54) is 24.9 Å². The summed E-state index contributed by atoms with van der Waals surface area (Å²) >= 11 is 0. The largest absolute Gasteiger partial charge is 0.462 e. The molecule has 0 radical (unpaired) electrons. The molecule has 1 fully saturated rings. The molecule has 0 aromatic heterocycles. The van der Waals surface area contributed by atoms with Crippen LogP contribution in [0.4, 0.5) is 5.69 Å². The van der Waals surface area contributed by atoms with Crippen molar-refractivity contribution in [2.45, 2.75) is 45.6 Å². The van der Waals surface area contributed by atoms with Crippen LogP contribution in [0, 0.1) is 0 Å². The molecule has 1 saturated heterocycles. The molecule has 1 aliphatic heterocycles. The summed E-state index contributed by atoms with van der Waals surface area (Å²) in [5.41, 5.74) is 3.74. The van der Waals surface area contributed by atoms with Crippen molar-refractivity contribution < 1.29 is 14.3 Å². The summed E-state index contributed by atoms with van der Waals surface area (Å²) in [7, 11) is 0. The monoisotopic (exact) mass is 394 g/mol. The number of hydrogen-bond donors (Lipinski definition) is 1. The number of para-hydroxylation sites is 1. The van der Waals surface area contributed by atoms with Gasteiger partial charge in [0, 0.05) is 18.8 Å². The standard InChI is InChI=1S/C24H30N2O3/c1-3-29-24(28)20-13-11-19(12-14-20)17-23(27)25-18(2)21-9-5-6-10-22(21)26-15-7-4-8-16-26/h5-6,9-14,18H,3-4,7-8,15-17H2,1-2H3,(H,25,27). The van der Waals surface area contributed by atoms with Crippen LogP contribution in [0.15, 0.2) is 48.5 Å². The first-order valence-electron chi connectivity index (χ1n) is 10.5. The fraction of sp³-hybridized carbons (Fsp3) is 0.417. The second kappa shape index (κ2) is 10.1. The van der Waals surface area contributed by atoms with Crippen LogP contribution in [0.2, 0.25) is 0 Å². The Hall–Kier alpha value is -2.82. The molecule has 2 aromatic carbocycles. The van der Waals surface area contributed by atoms with Gasteiger partial charge in [0.15, 0.2) is 0 Å². The van der Waals surface area contributed by atoms with E-state index in [0.717, 1.165) is 24.2 Å². The summed E-state index contributed by atoms with van der Waals surface area (Å²) in [6.07, 6.45) is 4.01. The lowest BCUT2D eigenvalue weighted by Crippen LogP contribution is -2.33.